The molecule has 0 aliphatic carbocycles. The predicted molar refractivity (Wildman–Crippen MR) is 59.6 cm³/mol. The lowest BCUT2D eigenvalue weighted by molar-refractivity contribution is 0.222. The molecule has 0 aromatic heterocycles. The van der Waals surface area contributed by atoms with Gasteiger partial charge in [-0.2, -0.15) is 0 Å². The highest BCUT2D eigenvalue weighted by molar-refractivity contribution is 4.84. The van der Waals surface area contributed by atoms with Crippen molar-refractivity contribution in [3.63, 3.8) is 0 Å². The Hall–Kier alpha value is -0.120. The van der Waals surface area contributed by atoms with Crippen molar-refractivity contribution in [2.24, 2.45) is 0 Å². The first-order chi connectivity index (χ1) is 6.75. The maximum atomic E-state index is 3.57. The molecule has 2 fully saturated rings. The summed E-state index contributed by atoms with van der Waals surface area (Å²) in [6, 6.07) is 1.55. The van der Waals surface area contributed by atoms with Crippen molar-refractivity contribution >= 4 is 0 Å². The maximum absolute atomic E-state index is 3.57. The average molecular weight is 197 g/mol. The minimum atomic E-state index is 0.755. The zero-order chi connectivity index (χ0) is 9.97. The number of nitrogens with one attached hydrogen (secondary N) is 1. The van der Waals surface area contributed by atoms with Crippen molar-refractivity contribution in [2.45, 2.75) is 31.3 Å². The van der Waals surface area contributed by atoms with Crippen LogP contribution in [0.25, 0.3) is 0 Å². The highest BCUT2D eigenvalue weighted by Crippen LogP contribution is 2.14. The molecule has 2 saturated heterocycles. The Bertz CT molecular complexity index is 177. The van der Waals surface area contributed by atoms with Crippen LogP contribution >= 0.6 is 0 Å². The molecule has 0 bridgehead atoms. The molecule has 2 heterocycles. The lowest BCUT2D eigenvalue weighted by Gasteiger charge is -2.27. The van der Waals surface area contributed by atoms with E-state index in [0.29, 0.717) is 0 Å². The molecule has 1 unspecified atom stereocenters. The largest absolute Gasteiger partial charge is 0.313 e. The zero-order valence-corrected chi connectivity index (χ0v) is 9.50. The molecular weight excluding hydrogens is 174 g/mol. The van der Waals surface area contributed by atoms with Gasteiger partial charge in [0.15, 0.2) is 0 Å². The van der Waals surface area contributed by atoms with Crippen LogP contribution in [0.1, 0.15) is 19.3 Å². The van der Waals surface area contributed by atoms with Gasteiger partial charge in [-0.3, -0.25) is 0 Å². The van der Waals surface area contributed by atoms with Gasteiger partial charge in [0.1, 0.15) is 0 Å². The number of nitrogens with zero attached hydrogens (tertiary/aromatic N) is 2. The van der Waals surface area contributed by atoms with Crippen LogP contribution in [0.2, 0.25) is 0 Å². The summed E-state index contributed by atoms with van der Waals surface area (Å²) in [4.78, 5) is 4.98. The van der Waals surface area contributed by atoms with E-state index in [1.165, 1.54) is 45.4 Å². The lowest BCUT2D eigenvalue weighted by Crippen LogP contribution is -2.41. The quantitative estimate of drug-likeness (QED) is 0.705. The maximum Gasteiger partial charge on any atom is 0.0232 e. The molecule has 2 atom stereocenters. The molecule has 0 saturated carbocycles. The first kappa shape index (κ1) is 10.4. The van der Waals surface area contributed by atoms with Crippen molar-refractivity contribution in [3.8, 4) is 0 Å². The van der Waals surface area contributed by atoms with E-state index in [4.69, 9.17) is 0 Å². The third-order valence-corrected chi connectivity index (χ3v) is 3.66. The van der Waals surface area contributed by atoms with Gasteiger partial charge in [-0.1, -0.05) is 0 Å². The minimum Gasteiger partial charge on any atom is -0.313 e. The molecule has 3 heteroatoms. The topological polar surface area (TPSA) is 18.5 Å². The van der Waals surface area contributed by atoms with Gasteiger partial charge < -0.3 is 15.1 Å². The van der Waals surface area contributed by atoms with E-state index in [1.54, 1.807) is 0 Å². The van der Waals surface area contributed by atoms with Crippen molar-refractivity contribution in [1.82, 2.24) is 15.1 Å². The van der Waals surface area contributed by atoms with E-state index in [0.717, 1.165) is 12.1 Å². The van der Waals surface area contributed by atoms with Crippen LogP contribution in [0, 0.1) is 0 Å². The van der Waals surface area contributed by atoms with Gasteiger partial charge in [0.05, 0.1) is 0 Å². The normalized spacial score (nSPS) is 34.5. The average Bonchev–Trinajstić information content (AvgIpc) is 2.75. The molecule has 82 valence electrons. The molecule has 0 aromatic carbocycles. The summed E-state index contributed by atoms with van der Waals surface area (Å²) in [5.74, 6) is 0. The van der Waals surface area contributed by atoms with Gasteiger partial charge in [-0.25, -0.2) is 0 Å². The Labute approximate surface area is 87.4 Å². The molecule has 0 amide bonds. The molecule has 1 N–H and O–H groups in total. The smallest absolute Gasteiger partial charge is 0.0232 e. The number of likely N-dealkylation sites (tertiary alicyclic amines) is 1. The van der Waals surface area contributed by atoms with Crippen LogP contribution in [0.4, 0.5) is 0 Å². The van der Waals surface area contributed by atoms with Crippen molar-refractivity contribution in [3.05, 3.63) is 0 Å². The van der Waals surface area contributed by atoms with Gasteiger partial charge >= 0.3 is 0 Å². The first-order valence-corrected chi connectivity index (χ1v) is 5.88. The molecule has 0 radical (unpaired) electrons. The van der Waals surface area contributed by atoms with E-state index in [2.05, 4.69) is 29.2 Å². The van der Waals surface area contributed by atoms with E-state index < -0.39 is 0 Å². The third-order valence-electron chi connectivity index (χ3n) is 3.66. The minimum absolute atomic E-state index is 0.755. The van der Waals surface area contributed by atoms with Crippen LogP contribution in [0.3, 0.4) is 0 Å². The number of rotatable bonds is 3. The second kappa shape index (κ2) is 4.60. The molecular formula is C11H23N3. The summed E-state index contributed by atoms with van der Waals surface area (Å²) in [7, 11) is 4.51. The summed E-state index contributed by atoms with van der Waals surface area (Å²) in [6.45, 7) is 4.98. The van der Waals surface area contributed by atoms with Gasteiger partial charge in [0.25, 0.3) is 0 Å². The Balaban J connectivity index is 1.74. The first-order valence-electron chi connectivity index (χ1n) is 5.88. The Morgan fingerprint density at radius 2 is 2.29 bits per heavy atom. The van der Waals surface area contributed by atoms with Gasteiger partial charge in [-0.05, 0) is 46.4 Å². The number of likely N-dealkylation sites (N-methyl/N-ethyl adjacent to an activating group) is 2. The van der Waals surface area contributed by atoms with E-state index in [-0.39, 0.29) is 0 Å². The van der Waals surface area contributed by atoms with Crippen molar-refractivity contribution in [2.75, 3.05) is 40.3 Å². The highest BCUT2D eigenvalue weighted by Gasteiger charge is 2.25. The standard InChI is InChI=1S/C11H23N3/c1-13-7-5-11(9-13)14(2)8-10-4-3-6-12-10/h10-12H,3-9H2,1-2H3/t10-,11?/m1/s1. The van der Waals surface area contributed by atoms with E-state index >= 15 is 0 Å². The summed E-state index contributed by atoms with van der Waals surface area (Å²) >= 11 is 0. The summed E-state index contributed by atoms with van der Waals surface area (Å²) in [5.41, 5.74) is 0. The molecule has 2 aliphatic rings. The number of hydrogen-bond acceptors (Lipinski definition) is 3. The summed E-state index contributed by atoms with van der Waals surface area (Å²) in [5, 5.41) is 3.57. The van der Waals surface area contributed by atoms with E-state index in [9.17, 15) is 0 Å². The van der Waals surface area contributed by atoms with Crippen LogP contribution in [-0.2, 0) is 0 Å². The molecule has 3 nitrogen and oxygen atoms in total. The summed E-state index contributed by atoms with van der Waals surface area (Å²) < 4.78 is 0. The monoisotopic (exact) mass is 197 g/mol. The Kier molecular flexibility index (Phi) is 3.42. The molecule has 0 spiro atoms. The van der Waals surface area contributed by atoms with Crippen LogP contribution in [0.15, 0.2) is 0 Å². The van der Waals surface area contributed by atoms with E-state index in [1.807, 2.05) is 0 Å². The fourth-order valence-electron chi connectivity index (χ4n) is 2.68. The fourth-order valence-corrected chi connectivity index (χ4v) is 2.68. The zero-order valence-electron chi connectivity index (χ0n) is 9.50. The second-order valence-corrected chi connectivity index (χ2v) is 4.94. The molecule has 0 aromatic rings. The molecule has 2 aliphatic heterocycles. The van der Waals surface area contributed by atoms with Crippen molar-refractivity contribution < 1.29 is 0 Å². The van der Waals surface area contributed by atoms with Gasteiger partial charge in [0.2, 0.25) is 0 Å². The van der Waals surface area contributed by atoms with Crippen LogP contribution in [0.5, 0.6) is 0 Å². The summed E-state index contributed by atoms with van der Waals surface area (Å²) in [6.07, 6.45) is 4.08. The van der Waals surface area contributed by atoms with Crippen molar-refractivity contribution in [1.29, 1.82) is 0 Å². The molecule has 2 rings (SSSR count). The predicted octanol–water partition coefficient (Wildman–Crippen LogP) is 0.374. The molecule has 14 heavy (non-hydrogen) atoms. The van der Waals surface area contributed by atoms with Crippen LogP contribution in [-0.4, -0.2) is 62.2 Å². The van der Waals surface area contributed by atoms with Gasteiger partial charge in [0, 0.05) is 25.2 Å². The fraction of sp³-hybridized carbons (Fsp3) is 1.00. The Morgan fingerprint density at radius 3 is 2.86 bits per heavy atom. The Morgan fingerprint density at radius 1 is 1.43 bits per heavy atom. The highest BCUT2D eigenvalue weighted by atomic mass is 15.2. The van der Waals surface area contributed by atoms with Gasteiger partial charge in [-0.15, -0.1) is 0 Å². The second-order valence-electron chi connectivity index (χ2n) is 4.94. The number of hydrogen-bond donors (Lipinski definition) is 1. The SMILES string of the molecule is CN1CCC(N(C)C[C@H]2CCCN2)C1. The van der Waals surface area contributed by atoms with Crippen LogP contribution < -0.4 is 5.32 Å². The lowest BCUT2D eigenvalue weighted by atomic mass is 10.1. The third kappa shape index (κ3) is 2.47.